The highest BCUT2D eigenvalue weighted by molar-refractivity contribution is 5.97. The second-order valence-electron chi connectivity index (χ2n) is 6.64. The molecule has 1 aliphatic carbocycles. The second kappa shape index (κ2) is 4.20. The summed E-state index contributed by atoms with van der Waals surface area (Å²) in [4.78, 5) is 16.9. The summed E-state index contributed by atoms with van der Waals surface area (Å²) < 4.78 is 11.1. The monoisotopic (exact) mass is 269 g/mol. The Morgan fingerprint density at radius 3 is 2.53 bits per heavy atom. The summed E-state index contributed by atoms with van der Waals surface area (Å²) in [6.45, 7) is 7.72. The molecule has 1 heterocycles. The lowest BCUT2D eigenvalue weighted by molar-refractivity contribution is -0.181. The molecule has 2 rings (SSSR count). The molecule has 1 fully saturated rings. The zero-order valence-electron chi connectivity index (χ0n) is 12.3. The third-order valence-electron chi connectivity index (χ3n) is 4.75. The lowest BCUT2D eigenvalue weighted by Crippen LogP contribution is -2.65. The highest BCUT2D eigenvalue weighted by atomic mass is 16.6. The van der Waals surface area contributed by atoms with Crippen LogP contribution in [0.3, 0.4) is 0 Å². The molecule has 5 heteroatoms. The van der Waals surface area contributed by atoms with Crippen LogP contribution in [0.4, 0.5) is 0 Å². The SMILES string of the molecule is COC1=N[C@@]2(CC[C@H]2CO)C(=O)O[C@]1(C)C(C)(C)C. The number of hydrogen-bond donors (Lipinski definition) is 1. The van der Waals surface area contributed by atoms with Crippen molar-refractivity contribution < 1.29 is 19.4 Å². The molecule has 0 aromatic carbocycles. The van der Waals surface area contributed by atoms with Gasteiger partial charge in [-0.15, -0.1) is 0 Å². The molecule has 0 aromatic heterocycles. The number of aliphatic hydroxyl groups excluding tert-OH is 1. The topological polar surface area (TPSA) is 68.1 Å². The summed E-state index contributed by atoms with van der Waals surface area (Å²) in [5.74, 6) is -0.0524. The van der Waals surface area contributed by atoms with Crippen molar-refractivity contribution in [2.24, 2.45) is 16.3 Å². The van der Waals surface area contributed by atoms with Crippen LogP contribution in [0.15, 0.2) is 4.99 Å². The van der Waals surface area contributed by atoms with Crippen molar-refractivity contribution in [3.05, 3.63) is 0 Å². The van der Waals surface area contributed by atoms with E-state index >= 15 is 0 Å². The van der Waals surface area contributed by atoms with Crippen molar-refractivity contribution in [1.82, 2.24) is 0 Å². The van der Waals surface area contributed by atoms with Gasteiger partial charge < -0.3 is 14.6 Å². The minimum Gasteiger partial charge on any atom is -0.481 e. The van der Waals surface area contributed by atoms with Crippen LogP contribution >= 0.6 is 0 Å². The molecule has 2 aliphatic rings. The molecule has 0 unspecified atom stereocenters. The number of aliphatic imine (C=N–C) groups is 1. The summed E-state index contributed by atoms with van der Waals surface area (Å²) in [5.41, 5.74) is -2.12. The van der Waals surface area contributed by atoms with Gasteiger partial charge in [-0.3, -0.25) is 0 Å². The van der Waals surface area contributed by atoms with E-state index in [0.29, 0.717) is 12.3 Å². The number of carbonyl (C=O) groups is 1. The molecule has 5 nitrogen and oxygen atoms in total. The van der Waals surface area contributed by atoms with E-state index in [1.807, 2.05) is 27.7 Å². The zero-order valence-corrected chi connectivity index (χ0v) is 12.3. The Bertz CT molecular complexity index is 424. The number of esters is 1. The lowest BCUT2D eigenvalue weighted by atomic mass is 9.65. The highest BCUT2D eigenvalue weighted by Crippen LogP contribution is 2.49. The number of cyclic esters (lactones) is 1. The van der Waals surface area contributed by atoms with E-state index in [4.69, 9.17) is 9.47 Å². The smallest absolute Gasteiger partial charge is 0.335 e. The van der Waals surface area contributed by atoms with Crippen LogP contribution in [0.25, 0.3) is 0 Å². The molecule has 0 saturated heterocycles. The molecule has 0 amide bonds. The van der Waals surface area contributed by atoms with Crippen LogP contribution in [0.5, 0.6) is 0 Å². The molecule has 1 spiro atoms. The van der Waals surface area contributed by atoms with Crippen molar-refractivity contribution in [3.8, 4) is 0 Å². The van der Waals surface area contributed by atoms with Gasteiger partial charge in [0.15, 0.2) is 11.1 Å². The molecule has 19 heavy (non-hydrogen) atoms. The fraction of sp³-hybridized carbons (Fsp3) is 0.857. The molecular formula is C14H23NO4. The quantitative estimate of drug-likeness (QED) is 0.733. The highest BCUT2D eigenvalue weighted by Gasteiger charge is 2.62. The Morgan fingerprint density at radius 1 is 1.53 bits per heavy atom. The maximum Gasteiger partial charge on any atom is 0.335 e. The van der Waals surface area contributed by atoms with Gasteiger partial charge in [0.1, 0.15) is 0 Å². The Kier molecular flexibility index (Phi) is 3.16. The van der Waals surface area contributed by atoms with Crippen molar-refractivity contribution >= 4 is 11.9 Å². The van der Waals surface area contributed by atoms with Gasteiger partial charge in [-0.25, -0.2) is 9.79 Å². The van der Waals surface area contributed by atoms with Gasteiger partial charge in [0.05, 0.1) is 7.11 Å². The predicted molar refractivity (Wildman–Crippen MR) is 70.9 cm³/mol. The Hall–Kier alpha value is -1.10. The minimum absolute atomic E-state index is 0.0537. The van der Waals surface area contributed by atoms with E-state index in [9.17, 15) is 9.90 Å². The largest absolute Gasteiger partial charge is 0.481 e. The van der Waals surface area contributed by atoms with Gasteiger partial charge in [-0.1, -0.05) is 20.8 Å². The van der Waals surface area contributed by atoms with E-state index in [1.54, 1.807) is 7.11 Å². The Morgan fingerprint density at radius 2 is 2.16 bits per heavy atom. The van der Waals surface area contributed by atoms with Gasteiger partial charge in [0, 0.05) is 17.9 Å². The summed E-state index contributed by atoms with van der Waals surface area (Å²) >= 11 is 0. The number of carbonyl (C=O) groups excluding carboxylic acids is 1. The van der Waals surface area contributed by atoms with E-state index < -0.39 is 11.1 Å². The first kappa shape index (κ1) is 14.3. The molecular weight excluding hydrogens is 246 g/mol. The van der Waals surface area contributed by atoms with Crippen LogP contribution in [-0.2, 0) is 14.3 Å². The third kappa shape index (κ3) is 1.78. The van der Waals surface area contributed by atoms with E-state index in [0.717, 1.165) is 6.42 Å². The number of ether oxygens (including phenoxy) is 2. The van der Waals surface area contributed by atoms with Gasteiger partial charge in [-0.2, -0.15) is 0 Å². The van der Waals surface area contributed by atoms with Crippen molar-refractivity contribution in [1.29, 1.82) is 0 Å². The minimum atomic E-state index is -0.926. The maximum absolute atomic E-state index is 12.4. The predicted octanol–water partition coefficient (Wildman–Crippen LogP) is 1.53. The first-order valence-corrected chi connectivity index (χ1v) is 6.70. The lowest BCUT2D eigenvalue weighted by Gasteiger charge is -2.51. The second-order valence-corrected chi connectivity index (χ2v) is 6.64. The van der Waals surface area contributed by atoms with Gasteiger partial charge >= 0.3 is 5.97 Å². The summed E-state index contributed by atoms with van der Waals surface area (Å²) in [5, 5.41) is 9.35. The van der Waals surface area contributed by atoms with E-state index in [1.165, 1.54) is 0 Å². The number of aliphatic hydroxyl groups is 1. The number of nitrogens with zero attached hydrogens (tertiary/aromatic N) is 1. The molecule has 3 atom stereocenters. The average molecular weight is 269 g/mol. The first-order chi connectivity index (χ1) is 8.71. The van der Waals surface area contributed by atoms with Crippen LogP contribution in [-0.4, -0.2) is 41.8 Å². The van der Waals surface area contributed by atoms with Crippen LogP contribution in [0.2, 0.25) is 0 Å². The third-order valence-corrected chi connectivity index (χ3v) is 4.75. The van der Waals surface area contributed by atoms with Crippen molar-refractivity contribution in [2.75, 3.05) is 13.7 Å². The zero-order chi connectivity index (χ0) is 14.5. The van der Waals surface area contributed by atoms with Crippen LogP contribution in [0.1, 0.15) is 40.5 Å². The Labute approximate surface area is 114 Å². The van der Waals surface area contributed by atoms with Gasteiger partial charge in [0.25, 0.3) is 0 Å². The standard InChI is InChI=1S/C14H23NO4/c1-12(2,3)13(4)10(18-5)15-14(11(17)19-13)7-6-9(14)8-16/h9,16H,6-8H2,1-5H3/t9-,13-,14+/m0/s1. The normalized spacial score (nSPS) is 38.5. The number of rotatable bonds is 1. The van der Waals surface area contributed by atoms with Crippen LogP contribution in [0, 0.1) is 11.3 Å². The number of methoxy groups -OCH3 is 1. The average Bonchev–Trinajstić information content (AvgIpc) is 2.27. The fourth-order valence-corrected chi connectivity index (χ4v) is 2.65. The first-order valence-electron chi connectivity index (χ1n) is 6.70. The van der Waals surface area contributed by atoms with Crippen LogP contribution < -0.4 is 0 Å². The Balaban J connectivity index is 2.47. The summed E-state index contributed by atoms with van der Waals surface area (Å²) in [7, 11) is 1.54. The number of hydrogen-bond acceptors (Lipinski definition) is 5. The maximum atomic E-state index is 12.4. The molecule has 0 aromatic rings. The van der Waals surface area contributed by atoms with Gasteiger partial charge in [0.2, 0.25) is 5.90 Å². The van der Waals surface area contributed by atoms with Crippen molar-refractivity contribution in [2.45, 2.75) is 51.7 Å². The molecule has 0 radical (unpaired) electrons. The summed E-state index contributed by atoms with van der Waals surface area (Å²) in [6, 6.07) is 0. The molecule has 108 valence electrons. The van der Waals surface area contributed by atoms with E-state index in [-0.39, 0.29) is 23.9 Å². The molecule has 1 saturated carbocycles. The van der Waals surface area contributed by atoms with Gasteiger partial charge in [-0.05, 0) is 19.8 Å². The fourth-order valence-electron chi connectivity index (χ4n) is 2.65. The van der Waals surface area contributed by atoms with E-state index in [2.05, 4.69) is 4.99 Å². The molecule has 0 bridgehead atoms. The molecule has 1 aliphatic heterocycles. The van der Waals surface area contributed by atoms with Crippen molar-refractivity contribution in [3.63, 3.8) is 0 Å². The summed E-state index contributed by atoms with van der Waals surface area (Å²) in [6.07, 6.45) is 1.41. The molecule has 1 N–H and O–H groups in total.